The summed E-state index contributed by atoms with van der Waals surface area (Å²) in [6, 6.07) is 9.10. The second kappa shape index (κ2) is 7.46. The third-order valence-electron chi connectivity index (χ3n) is 5.45. The van der Waals surface area contributed by atoms with Gasteiger partial charge in [0.25, 0.3) is 0 Å². The molecule has 0 unspecified atom stereocenters. The lowest BCUT2D eigenvalue weighted by molar-refractivity contribution is 0.312. The first-order chi connectivity index (χ1) is 12.7. The maximum atomic E-state index is 5.65. The van der Waals surface area contributed by atoms with Crippen molar-refractivity contribution in [3.8, 4) is 11.3 Å². The number of fused-ring (bicyclic) bond motifs is 1. The molecule has 136 valence electrons. The van der Waals surface area contributed by atoms with Gasteiger partial charge in [0.15, 0.2) is 11.7 Å². The maximum absolute atomic E-state index is 5.65. The van der Waals surface area contributed by atoms with Crippen LogP contribution in [-0.2, 0) is 0 Å². The van der Waals surface area contributed by atoms with Gasteiger partial charge in [0.05, 0.1) is 6.20 Å². The largest absolute Gasteiger partial charge is 0.441 e. The second-order valence-electron chi connectivity index (χ2n) is 7.26. The van der Waals surface area contributed by atoms with Crippen LogP contribution in [0.5, 0.6) is 0 Å². The summed E-state index contributed by atoms with van der Waals surface area (Å²) in [4.78, 5) is 8.76. The number of nitrogens with zero attached hydrogens (tertiary/aromatic N) is 2. The lowest BCUT2D eigenvalue weighted by Crippen LogP contribution is -2.32. The predicted octanol–water partition coefficient (Wildman–Crippen LogP) is 4.39. The quantitative estimate of drug-likeness (QED) is 0.714. The van der Waals surface area contributed by atoms with Gasteiger partial charge in [0.1, 0.15) is 5.82 Å². The van der Waals surface area contributed by atoms with Crippen LogP contribution in [0.3, 0.4) is 0 Å². The van der Waals surface area contributed by atoms with Crippen molar-refractivity contribution < 1.29 is 4.42 Å². The molecule has 1 fully saturated rings. The summed E-state index contributed by atoms with van der Waals surface area (Å²) in [5, 5.41) is 9.22. The first-order valence-corrected chi connectivity index (χ1v) is 9.45. The van der Waals surface area contributed by atoms with E-state index >= 15 is 0 Å². The van der Waals surface area contributed by atoms with Crippen molar-refractivity contribution >= 4 is 16.6 Å². The summed E-state index contributed by atoms with van der Waals surface area (Å²) >= 11 is 0. The van der Waals surface area contributed by atoms with Crippen LogP contribution in [0.25, 0.3) is 22.1 Å². The molecular weight excluding hydrogens is 324 g/mol. The van der Waals surface area contributed by atoms with E-state index in [-0.39, 0.29) is 0 Å². The molecule has 2 aromatic heterocycles. The molecular formula is C21H26N4O. The zero-order valence-corrected chi connectivity index (χ0v) is 15.5. The first-order valence-electron chi connectivity index (χ1n) is 9.45. The minimum Gasteiger partial charge on any atom is -0.441 e. The van der Waals surface area contributed by atoms with Gasteiger partial charge >= 0.3 is 0 Å². The van der Waals surface area contributed by atoms with Crippen LogP contribution in [0, 0.1) is 12.8 Å². The summed E-state index contributed by atoms with van der Waals surface area (Å²) in [6.07, 6.45) is 8.81. The molecule has 5 heteroatoms. The summed E-state index contributed by atoms with van der Waals surface area (Å²) in [5.74, 6) is 3.17. The van der Waals surface area contributed by atoms with Crippen LogP contribution in [0.1, 0.15) is 31.6 Å². The van der Waals surface area contributed by atoms with Crippen molar-refractivity contribution in [3.63, 3.8) is 0 Å². The van der Waals surface area contributed by atoms with Gasteiger partial charge in [-0.05, 0) is 56.2 Å². The molecule has 4 rings (SSSR count). The van der Waals surface area contributed by atoms with Gasteiger partial charge < -0.3 is 15.1 Å². The second-order valence-corrected chi connectivity index (χ2v) is 7.26. The Morgan fingerprint density at radius 1 is 1.04 bits per heavy atom. The van der Waals surface area contributed by atoms with Crippen LogP contribution >= 0.6 is 0 Å². The van der Waals surface area contributed by atoms with E-state index in [9.17, 15) is 0 Å². The van der Waals surface area contributed by atoms with E-state index in [1.807, 2.05) is 13.1 Å². The van der Waals surface area contributed by atoms with Gasteiger partial charge in [-0.2, -0.15) is 0 Å². The van der Waals surface area contributed by atoms with Crippen molar-refractivity contribution in [2.45, 2.75) is 38.6 Å². The molecule has 0 radical (unpaired) electrons. The van der Waals surface area contributed by atoms with Crippen LogP contribution < -0.4 is 10.6 Å². The Kier molecular flexibility index (Phi) is 4.89. The molecule has 0 atom stereocenters. The number of benzene rings is 1. The highest BCUT2D eigenvalue weighted by molar-refractivity contribution is 5.87. The first kappa shape index (κ1) is 17.0. The number of aryl methyl sites for hydroxylation is 1. The Bertz CT molecular complexity index is 881. The lowest BCUT2D eigenvalue weighted by Gasteiger charge is -2.28. The minimum absolute atomic E-state index is 0.685. The summed E-state index contributed by atoms with van der Waals surface area (Å²) < 4.78 is 5.65. The Hall–Kier alpha value is -2.40. The number of hydrogen-bond donors (Lipinski definition) is 2. The van der Waals surface area contributed by atoms with Gasteiger partial charge in [-0.3, -0.25) is 0 Å². The van der Waals surface area contributed by atoms with Gasteiger partial charge in [-0.1, -0.05) is 12.1 Å². The zero-order valence-electron chi connectivity index (χ0n) is 15.5. The van der Waals surface area contributed by atoms with Crippen LogP contribution in [0.2, 0.25) is 0 Å². The summed E-state index contributed by atoms with van der Waals surface area (Å²) in [7, 11) is 2.07. The summed E-state index contributed by atoms with van der Waals surface area (Å²) in [5.41, 5.74) is 1.04. The normalized spacial score (nSPS) is 20.4. The standard InChI is InChI=1S/C21H26N4O/c1-14-23-13-20(26-14)16-5-6-17-12-25-21(10-18(17)9-16)24-11-15-3-7-19(22-2)8-4-15/h5-6,9-10,12-13,15,19,22H,3-4,7-8,11H2,1-2H3,(H,24,25). The fraction of sp³-hybridized carbons (Fsp3) is 0.429. The summed E-state index contributed by atoms with van der Waals surface area (Å²) in [6.45, 7) is 2.86. The topological polar surface area (TPSA) is 63.0 Å². The third-order valence-corrected chi connectivity index (χ3v) is 5.45. The van der Waals surface area contributed by atoms with Gasteiger partial charge in [-0.15, -0.1) is 0 Å². The lowest BCUT2D eigenvalue weighted by atomic mass is 9.86. The molecule has 2 heterocycles. The fourth-order valence-electron chi connectivity index (χ4n) is 3.79. The van der Waals surface area contributed by atoms with Crippen molar-refractivity contribution in [1.82, 2.24) is 15.3 Å². The van der Waals surface area contributed by atoms with Gasteiger partial charge in [0.2, 0.25) is 0 Å². The van der Waals surface area contributed by atoms with Crippen LogP contribution in [-0.4, -0.2) is 29.6 Å². The third kappa shape index (κ3) is 3.73. The molecule has 2 N–H and O–H groups in total. The predicted molar refractivity (Wildman–Crippen MR) is 105 cm³/mol. The van der Waals surface area contributed by atoms with E-state index in [0.717, 1.165) is 40.4 Å². The van der Waals surface area contributed by atoms with E-state index in [4.69, 9.17) is 4.42 Å². The number of rotatable bonds is 5. The van der Waals surface area contributed by atoms with Gasteiger partial charge in [-0.25, -0.2) is 9.97 Å². The smallest absolute Gasteiger partial charge is 0.191 e. The Morgan fingerprint density at radius 2 is 1.88 bits per heavy atom. The average molecular weight is 350 g/mol. The molecule has 5 nitrogen and oxygen atoms in total. The van der Waals surface area contributed by atoms with Gasteiger partial charge in [0, 0.05) is 36.7 Å². The molecule has 1 aromatic carbocycles. The molecule has 26 heavy (non-hydrogen) atoms. The average Bonchev–Trinajstić information content (AvgIpc) is 3.12. The molecule has 1 aliphatic carbocycles. The highest BCUT2D eigenvalue weighted by atomic mass is 16.4. The number of pyridine rings is 1. The minimum atomic E-state index is 0.685. The van der Waals surface area contributed by atoms with E-state index < -0.39 is 0 Å². The molecule has 0 aliphatic heterocycles. The van der Waals surface area contributed by atoms with Crippen molar-refractivity contribution in [3.05, 3.63) is 42.5 Å². The highest BCUT2D eigenvalue weighted by Crippen LogP contribution is 2.27. The van der Waals surface area contributed by atoms with Crippen molar-refractivity contribution in [2.75, 3.05) is 18.9 Å². The molecule has 0 spiro atoms. The zero-order chi connectivity index (χ0) is 17.9. The fourth-order valence-corrected chi connectivity index (χ4v) is 3.79. The Labute approximate surface area is 154 Å². The SMILES string of the molecule is CNC1CCC(CNc2cc3cc(-c4cnc(C)o4)ccc3cn2)CC1. The number of aromatic nitrogens is 2. The van der Waals surface area contributed by atoms with Crippen molar-refractivity contribution in [2.24, 2.45) is 5.92 Å². The number of anilines is 1. The number of nitrogens with one attached hydrogen (secondary N) is 2. The Balaban J connectivity index is 1.46. The van der Waals surface area contributed by atoms with E-state index in [1.165, 1.54) is 25.7 Å². The number of oxazole rings is 1. The molecule has 0 saturated heterocycles. The Morgan fingerprint density at radius 3 is 2.62 bits per heavy atom. The molecule has 1 aliphatic rings. The highest BCUT2D eigenvalue weighted by Gasteiger charge is 2.19. The van der Waals surface area contributed by atoms with Crippen LogP contribution in [0.4, 0.5) is 5.82 Å². The molecule has 0 bridgehead atoms. The number of hydrogen-bond acceptors (Lipinski definition) is 5. The molecule has 3 aromatic rings. The van der Waals surface area contributed by atoms with E-state index in [2.05, 4.69) is 51.9 Å². The maximum Gasteiger partial charge on any atom is 0.191 e. The van der Waals surface area contributed by atoms with E-state index in [1.54, 1.807) is 6.20 Å². The molecule has 1 saturated carbocycles. The van der Waals surface area contributed by atoms with E-state index in [0.29, 0.717) is 11.9 Å². The van der Waals surface area contributed by atoms with Crippen LogP contribution in [0.15, 0.2) is 41.1 Å². The van der Waals surface area contributed by atoms with Crippen molar-refractivity contribution in [1.29, 1.82) is 0 Å². The monoisotopic (exact) mass is 350 g/mol. The molecule has 0 amide bonds.